The normalized spacial score (nSPS) is 10.9. The van der Waals surface area contributed by atoms with Crippen LogP contribution in [0.3, 0.4) is 0 Å². The third-order valence-electron chi connectivity index (χ3n) is 3.69. The number of nitrogens with zero attached hydrogens (tertiary/aromatic N) is 4. The lowest BCUT2D eigenvalue weighted by atomic mass is 10.2. The fraction of sp³-hybridized carbons (Fsp3) is 0. The Balaban J connectivity index is 1.58. The van der Waals surface area contributed by atoms with Crippen molar-refractivity contribution < 1.29 is 18.5 Å². The van der Waals surface area contributed by atoms with Crippen molar-refractivity contribution in [2.24, 2.45) is 0 Å². The van der Waals surface area contributed by atoms with Crippen LogP contribution in [-0.4, -0.2) is 25.8 Å². The van der Waals surface area contributed by atoms with Gasteiger partial charge < -0.3 is 9.73 Å². The number of carbonyl (C=O) groups excluding carboxylic acids is 1. The minimum Gasteiger partial charge on any atom is -0.395 e. The predicted octanol–water partition coefficient (Wildman–Crippen LogP) is 3.31. The fourth-order valence-corrected chi connectivity index (χ4v) is 2.42. The lowest BCUT2D eigenvalue weighted by molar-refractivity contribution is -0.402. The number of hydrogen-bond acceptors (Lipinski definition) is 6. The summed E-state index contributed by atoms with van der Waals surface area (Å²) in [6.07, 6.45) is 0. The third kappa shape index (κ3) is 3.23. The highest BCUT2D eigenvalue weighted by molar-refractivity contribution is 6.03. The van der Waals surface area contributed by atoms with E-state index in [1.54, 1.807) is 30.3 Å². The smallest absolute Gasteiger partial charge is 0.395 e. The SMILES string of the molecule is O=C(Nc1ccc2nn(-c3ccc(F)cc3)nc2c1)c1ccc([N+](=O)[O-])o1. The number of carbonyl (C=O) groups is 1. The van der Waals surface area contributed by atoms with Crippen LogP contribution in [0.1, 0.15) is 10.6 Å². The van der Waals surface area contributed by atoms with Gasteiger partial charge in [0.05, 0.1) is 11.8 Å². The Kier molecular flexibility index (Phi) is 3.84. The summed E-state index contributed by atoms with van der Waals surface area (Å²) in [4.78, 5) is 23.4. The van der Waals surface area contributed by atoms with Gasteiger partial charge in [-0.15, -0.1) is 10.2 Å². The van der Waals surface area contributed by atoms with Crippen LogP contribution in [0.5, 0.6) is 0 Å². The summed E-state index contributed by atoms with van der Waals surface area (Å²) in [6, 6.07) is 12.9. The number of anilines is 1. The second-order valence-electron chi connectivity index (χ2n) is 5.52. The van der Waals surface area contributed by atoms with E-state index >= 15 is 0 Å². The Hall–Kier alpha value is -4.08. The van der Waals surface area contributed by atoms with Crippen LogP contribution in [0.15, 0.2) is 59.0 Å². The van der Waals surface area contributed by atoms with Crippen molar-refractivity contribution in [3.8, 4) is 5.69 Å². The molecule has 4 aromatic rings. The van der Waals surface area contributed by atoms with Gasteiger partial charge in [-0.2, -0.15) is 4.80 Å². The van der Waals surface area contributed by atoms with Gasteiger partial charge in [-0.05, 0) is 48.5 Å². The maximum Gasteiger partial charge on any atom is 0.433 e. The molecule has 0 bridgehead atoms. The molecule has 0 radical (unpaired) electrons. The molecule has 9 nitrogen and oxygen atoms in total. The zero-order valence-corrected chi connectivity index (χ0v) is 13.5. The molecule has 4 rings (SSSR count). The number of aromatic nitrogens is 3. The van der Waals surface area contributed by atoms with Crippen LogP contribution in [0.2, 0.25) is 0 Å². The average Bonchev–Trinajstić information content (AvgIpc) is 3.29. The molecule has 134 valence electrons. The van der Waals surface area contributed by atoms with E-state index in [2.05, 4.69) is 15.5 Å². The molecule has 0 aliphatic heterocycles. The first-order valence-electron chi connectivity index (χ1n) is 7.68. The molecule has 2 heterocycles. The highest BCUT2D eigenvalue weighted by atomic mass is 19.1. The molecule has 10 heteroatoms. The third-order valence-corrected chi connectivity index (χ3v) is 3.69. The molecule has 0 aliphatic carbocycles. The van der Waals surface area contributed by atoms with Gasteiger partial charge in [-0.1, -0.05) is 0 Å². The van der Waals surface area contributed by atoms with E-state index in [9.17, 15) is 19.3 Å². The summed E-state index contributed by atoms with van der Waals surface area (Å²) in [5.41, 5.74) is 2.08. The van der Waals surface area contributed by atoms with Crippen molar-refractivity contribution in [2.75, 3.05) is 5.32 Å². The van der Waals surface area contributed by atoms with Crippen molar-refractivity contribution in [1.82, 2.24) is 15.0 Å². The Morgan fingerprint density at radius 1 is 1.07 bits per heavy atom. The number of rotatable bonds is 4. The van der Waals surface area contributed by atoms with Crippen molar-refractivity contribution in [3.05, 3.63) is 76.3 Å². The van der Waals surface area contributed by atoms with Crippen LogP contribution in [-0.2, 0) is 0 Å². The molecule has 0 atom stereocenters. The second-order valence-corrected chi connectivity index (χ2v) is 5.52. The highest BCUT2D eigenvalue weighted by Crippen LogP contribution is 2.20. The van der Waals surface area contributed by atoms with E-state index in [0.717, 1.165) is 6.07 Å². The molecule has 1 amide bonds. The molecule has 27 heavy (non-hydrogen) atoms. The van der Waals surface area contributed by atoms with E-state index in [1.807, 2.05) is 0 Å². The lowest BCUT2D eigenvalue weighted by Crippen LogP contribution is -2.10. The minimum atomic E-state index is -0.726. The number of hydrogen-bond donors (Lipinski definition) is 1. The molecule has 0 unspecified atom stereocenters. The van der Waals surface area contributed by atoms with E-state index in [4.69, 9.17) is 4.42 Å². The quantitative estimate of drug-likeness (QED) is 0.437. The van der Waals surface area contributed by atoms with Crippen molar-refractivity contribution in [2.45, 2.75) is 0 Å². The molecule has 2 aromatic heterocycles. The number of amides is 1. The van der Waals surface area contributed by atoms with Crippen molar-refractivity contribution in [3.63, 3.8) is 0 Å². The molecule has 0 fully saturated rings. The van der Waals surface area contributed by atoms with Crippen LogP contribution in [0, 0.1) is 15.9 Å². The summed E-state index contributed by atoms with van der Waals surface area (Å²) in [6.45, 7) is 0. The zero-order chi connectivity index (χ0) is 19.0. The first-order chi connectivity index (χ1) is 13.0. The lowest BCUT2D eigenvalue weighted by Gasteiger charge is -2.01. The molecule has 2 aromatic carbocycles. The Labute approximate surface area is 150 Å². The number of benzene rings is 2. The van der Waals surface area contributed by atoms with Gasteiger partial charge in [0.1, 0.15) is 21.8 Å². The summed E-state index contributed by atoms with van der Waals surface area (Å²) in [5.74, 6) is -1.69. The number of nitrogens with one attached hydrogen (secondary N) is 1. The van der Waals surface area contributed by atoms with Gasteiger partial charge in [0.25, 0.3) is 5.91 Å². The number of fused-ring (bicyclic) bond motifs is 1. The Morgan fingerprint density at radius 3 is 2.52 bits per heavy atom. The molecule has 0 saturated carbocycles. The zero-order valence-electron chi connectivity index (χ0n) is 13.5. The van der Waals surface area contributed by atoms with Crippen LogP contribution in [0.25, 0.3) is 16.7 Å². The van der Waals surface area contributed by atoms with E-state index in [-0.39, 0.29) is 11.6 Å². The maximum absolute atomic E-state index is 13.0. The molecule has 0 spiro atoms. The van der Waals surface area contributed by atoms with E-state index in [0.29, 0.717) is 22.4 Å². The topological polar surface area (TPSA) is 116 Å². The van der Waals surface area contributed by atoms with Gasteiger partial charge in [-0.3, -0.25) is 14.9 Å². The fourth-order valence-electron chi connectivity index (χ4n) is 2.42. The van der Waals surface area contributed by atoms with Crippen molar-refractivity contribution >= 4 is 28.5 Å². The van der Waals surface area contributed by atoms with Crippen molar-refractivity contribution in [1.29, 1.82) is 0 Å². The van der Waals surface area contributed by atoms with Gasteiger partial charge in [0.2, 0.25) is 0 Å². The van der Waals surface area contributed by atoms with Crippen LogP contribution >= 0.6 is 0 Å². The summed E-state index contributed by atoms with van der Waals surface area (Å²) in [7, 11) is 0. The highest BCUT2D eigenvalue weighted by Gasteiger charge is 2.17. The summed E-state index contributed by atoms with van der Waals surface area (Å²) < 4.78 is 17.9. The second kappa shape index (κ2) is 6.33. The van der Waals surface area contributed by atoms with Gasteiger partial charge in [0, 0.05) is 5.69 Å². The monoisotopic (exact) mass is 367 g/mol. The Morgan fingerprint density at radius 2 is 1.81 bits per heavy atom. The Bertz CT molecular complexity index is 1170. The minimum absolute atomic E-state index is 0.184. The molecular formula is C17H10FN5O4. The molecule has 1 N–H and O–H groups in total. The molecule has 0 aliphatic rings. The average molecular weight is 367 g/mol. The largest absolute Gasteiger partial charge is 0.433 e. The number of furan rings is 1. The summed E-state index contributed by atoms with van der Waals surface area (Å²) in [5, 5.41) is 21.8. The number of halogens is 1. The first kappa shape index (κ1) is 16.4. The molecule has 0 saturated heterocycles. The van der Waals surface area contributed by atoms with Gasteiger partial charge in [-0.25, -0.2) is 4.39 Å². The standard InChI is InChI=1S/C17H10FN5O4/c18-10-1-4-12(5-2-10)22-20-13-6-3-11(9-14(13)21-22)19-17(24)15-7-8-16(27-15)23(25)26/h1-9H,(H,19,24). The predicted molar refractivity (Wildman–Crippen MR) is 92.1 cm³/mol. The van der Waals surface area contributed by atoms with Gasteiger partial charge in [0.15, 0.2) is 5.76 Å². The molecular weight excluding hydrogens is 357 g/mol. The van der Waals surface area contributed by atoms with E-state index < -0.39 is 16.7 Å². The van der Waals surface area contributed by atoms with Crippen LogP contribution in [0.4, 0.5) is 16.0 Å². The van der Waals surface area contributed by atoms with Crippen LogP contribution < -0.4 is 5.32 Å². The van der Waals surface area contributed by atoms with Gasteiger partial charge >= 0.3 is 5.88 Å². The maximum atomic E-state index is 13.0. The first-order valence-corrected chi connectivity index (χ1v) is 7.68. The number of nitro groups is 1. The van der Waals surface area contributed by atoms with E-state index in [1.165, 1.54) is 23.0 Å². The summed E-state index contributed by atoms with van der Waals surface area (Å²) >= 11 is 0.